The van der Waals surface area contributed by atoms with E-state index in [-0.39, 0.29) is 5.69 Å². The molecule has 0 unspecified atom stereocenters. The van der Waals surface area contributed by atoms with Crippen LogP contribution in [0.4, 0.5) is 5.69 Å². The molecule has 156 valence electrons. The Bertz CT molecular complexity index is 1050. The maximum Gasteiger partial charge on any atom is 0.269 e. The van der Waals surface area contributed by atoms with Crippen molar-refractivity contribution in [2.75, 3.05) is 7.11 Å². The summed E-state index contributed by atoms with van der Waals surface area (Å²) in [5, 5.41) is 4.04. The van der Waals surface area contributed by atoms with Gasteiger partial charge in [-0.05, 0) is 47.4 Å². The summed E-state index contributed by atoms with van der Waals surface area (Å²) in [4.78, 5) is 16.0. The fourth-order valence-electron chi connectivity index (χ4n) is 3.05. The number of nitrogens with two attached hydrogens (primary N) is 1. The number of primary amides is 1. The van der Waals surface area contributed by atoms with E-state index in [0.29, 0.717) is 18.2 Å². The molecule has 2 N–H and O–H groups in total. The average Bonchev–Trinajstić information content (AvgIpc) is 3.11. The molecule has 2 aromatic carbocycles. The fraction of sp³-hybridized carbons (Fsp3) is 0.261. The van der Waals surface area contributed by atoms with Crippen molar-refractivity contribution in [2.45, 2.75) is 26.4 Å². The molecule has 0 atom stereocenters. The van der Waals surface area contributed by atoms with Crippen molar-refractivity contribution in [2.24, 2.45) is 17.8 Å². The van der Waals surface area contributed by atoms with E-state index in [2.05, 4.69) is 36.1 Å². The number of methoxy groups -OCH3 is 1. The third-order valence-corrected chi connectivity index (χ3v) is 4.75. The Morgan fingerprint density at radius 1 is 1.23 bits per heavy atom. The molecule has 7 heteroatoms. The molecule has 3 aromatic rings. The van der Waals surface area contributed by atoms with Gasteiger partial charge >= 0.3 is 0 Å². The Hall–Kier alpha value is -3.61. The Balaban J connectivity index is 1.77. The molecule has 30 heavy (non-hydrogen) atoms. The largest absolute Gasteiger partial charge is 0.496 e. The van der Waals surface area contributed by atoms with Crippen LogP contribution in [-0.4, -0.2) is 29.0 Å². The summed E-state index contributed by atoms with van der Waals surface area (Å²) < 4.78 is 12.8. The maximum atomic E-state index is 11.6. The standard InChI is InChI=1S/C23H26N4O3/c1-15(2)17-6-8-19(9-7-17)30-14-18-11-16(5-10-21(18)29-4)12-25-20-13-26-27(3)22(20)23(24)28/h5-13,15H,14H2,1-4H3,(H2,24,28). The Kier molecular flexibility index (Phi) is 6.51. The van der Waals surface area contributed by atoms with Gasteiger partial charge in [0.05, 0.1) is 13.3 Å². The first-order chi connectivity index (χ1) is 14.4. The SMILES string of the molecule is COc1ccc(C=Nc2cnn(C)c2C(N)=O)cc1COc1ccc(C(C)C)cc1. The molecule has 0 spiro atoms. The van der Waals surface area contributed by atoms with Crippen LogP contribution in [0.25, 0.3) is 0 Å². The number of rotatable bonds is 8. The summed E-state index contributed by atoms with van der Waals surface area (Å²) >= 11 is 0. The van der Waals surface area contributed by atoms with Crippen LogP contribution >= 0.6 is 0 Å². The maximum absolute atomic E-state index is 11.6. The van der Waals surface area contributed by atoms with Crippen molar-refractivity contribution >= 4 is 17.8 Å². The first-order valence-electron chi connectivity index (χ1n) is 9.64. The summed E-state index contributed by atoms with van der Waals surface area (Å²) in [7, 11) is 3.27. The average molecular weight is 406 g/mol. The fourth-order valence-corrected chi connectivity index (χ4v) is 3.05. The Morgan fingerprint density at radius 3 is 2.60 bits per heavy atom. The van der Waals surface area contributed by atoms with Crippen LogP contribution in [0.2, 0.25) is 0 Å². The number of benzene rings is 2. The van der Waals surface area contributed by atoms with Crippen LogP contribution in [0.15, 0.2) is 53.7 Å². The molecular formula is C23H26N4O3. The van der Waals surface area contributed by atoms with Crippen molar-refractivity contribution < 1.29 is 14.3 Å². The molecule has 7 nitrogen and oxygen atoms in total. The number of amides is 1. The zero-order valence-corrected chi connectivity index (χ0v) is 17.6. The number of aromatic nitrogens is 2. The van der Waals surface area contributed by atoms with E-state index in [1.807, 2.05) is 30.3 Å². The van der Waals surface area contributed by atoms with Gasteiger partial charge in [-0.25, -0.2) is 0 Å². The van der Waals surface area contributed by atoms with E-state index in [1.54, 1.807) is 20.4 Å². The van der Waals surface area contributed by atoms with E-state index < -0.39 is 5.91 Å². The minimum atomic E-state index is -0.575. The van der Waals surface area contributed by atoms with Gasteiger partial charge < -0.3 is 15.2 Å². The third kappa shape index (κ3) is 4.86. The molecule has 1 heterocycles. The normalized spacial score (nSPS) is 11.2. The zero-order chi connectivity index (χ0) is 21.7. The van der Waals surface area contributed by atoms with Gasteiger partial charge in [-0.15, -0.1) is 0 Å². The monoisotopic (exact) mass is 406 g/mol. The van der Waals surface area contributed by atoms with Gasteiger partial charge in [0, 0.05) is 18.8 Å². The van der Waals surface area contributed by atoms with Crippen molar-refractivity contribution in [3.63, 3.8) is 0 Å². The number of carbonyl (C=O) groups excluding carboxylic acids is 1. The van der Waals surface area contributed by atoms with E-state index in [4.69, 9.17) is 15.2 Å². The second kappa shape index (κ2) is 9.26. The number of carbonyl (C=O) groups is 1. The Labute approximate surface area is 176 Å². The lowest BCUT2D eigenvalue weighted by Crippen LogP contribution is -2.15. The highest BCUT2D eigenvalue weighted by molar-refractivity contribution is 5.97. The lowest BCUT2D eigenvalue weighted by Gasteiger charge is -2.12. The van der Waals surface area contributed by atoms with Crippen molar-refractivity contribution in [1.29, 1.82) is 0 Å². The molecule has 1 amide bonds. The first-order valence-corrected chi connectivity index (χ1v) is 9.64. The number of aliphatic imine (C=N–C) groups is 1. The van der Waals surface area contributed by atoms with Crippen LogP contribution < -0.4 is 15.2 Å². The summed E-state index contributed by atoms with van der Waals surface area (Å²) in [5.74, 6) is 1.42. The van der Waals surface area contributed by atoms with Crippen LogP contribution in [0.1, 0.15) is 46.9 Å². The third-order valence-electron chi connectivity index (χ3n) is 4.75. The first kappa shape index (κ1) is 21.1. The molecule has 0 saturated carbocycles. The highest BCUT2D eigenvalue weighted by atomic mass is 16.5. The molecule has 0 aliphatic rings. The quantitative estimate of drug-likeness (QED) is 0.573. The lowest BCUT2D eigenvalue weighted by atomic mass is 10.0. The molecule has 1 aromatic heterocycles. The second-order valence-electron chi connectivity index (χ2n) is 7.21. The van der Waals surface area contributed by atoms with Gasteiger partial charge in [0.25, 0.3) is 5.91 Å². The van der Waals surface area contributed by atoms with E-state index >= 15 is 0 Å². The molecular weight excluding hydrogens is 380 g/mol. The molecule has 0 saturated heterocycles. The zero-order valence-electron chi connectivity index (χ0n) is 17.6. The molecule has 0 bridgehead atoms. The molecule has 0 aliphatic heterocycles. The second-order valence-corrected chi connectivity index (χ2v) is 7.21. The molecule has 0 fully saturated rings. The highest BCUT2D eigenvalue weighted by Crippen LogP contribution is 2.24. The summed E-state index contributed by atoms with van der Waals surface area (Å²) in [6.45, 7) is 4.67. The topological polar surface area (TPSA) is 91.7 Å². The predicted molar refractivity (Wildman–Crippen MR) is 117 cm³/mol. The molecule has 0 radical (unpaired) electrons. The van der Waals surface area contributed by atoms with Crippen molar-refractivity contribution in [3.05, 3.63) is 71.0 Å². The highest BCUT2D eigenvalue weighted by Gasteiger charge is 2.13. The van der Waals surface area contributed by atoms with Crippen molar-refractivity contribution in [3.8, 4) is 11.5 Å². The van der Waals surface area contributed by atoms with Crippen LogP contribution in [0.5, 0.6) is 11.5 Å². The van der Waals surface area contributed by atoms with Gasteiger partial charge in [-0.2, -0.15) is 5.10 Å². The molecule has 3 rings (SSSR count). The van der Waals surface area contributed by atoms with Gasteiger partial charge in [0.2, 0.25) is 0 Å². The van der Waals surface area contributed by atoms with E-state index in [0.717, 1.165) is 22.6 Å². The number of hydrogen-bond donors (Lipinski definition) is 1. The van der Waals surface area contributed by atoms with Gasteiger partial charge in [-0.1, -0.05) is 26.0 Å². The van der Waals surface area contributed by atoms with Crippen LogP contribution in [0.3, 0.4) is 0 Å². The van der Waals surface area contributed by atoms with Crippen LogP contribution in [-0.2, 0) is 13.7 Å². The lowest BCUT2D eigenvalue weighted by molar-refractivity contribution is 0.0992. The van der Waals surface area contributed by atoms with Crippen LogP contribution in [0, 0.1) is 0 Å². The Morgan fingerprint density at radius 2 is 1.97 bits per heavy atom. The minimum absolute atomic E-state index is 0.258. The van der Waals surface area contributed by atoms with E-state index in [9.17, 15) is 4.79 Å². The number of aryl methyl sites for hydroxylation is 1. The minimum Gasteiger partial charge on any atom is -0.496 e. The smallest absolute Gasteiger partial charge is 0.269 e. The van der Waals surface area contributed by atoms with E-state index in [1.165, 1.54) is 16.4 Å². The number of hydrogen-bond acceptors (Lipinski definition) is 5. The predicted octanol–water partition coefficient (Wildman–Crippen LogP) is 3.98. The summed E-state index contributed by atoms with van der Waals surface area (Å²) in [6.07, 6.45) is 3.16. The van der Waals surface area contributed by atoms with Gasteiger partial charge in [0.15, 0.2) is 5.69 Å². The summed E-state index contributed by atoms with van der Waals surface area (Å²) in [6, 6.07) is 13.8. The van der Waals surface area contributed by atoms with Gasteiger partial charge in [0.1, 0.15) is 23.8 Å². The number of ether oxygens (including phenoxy) is 2. The summed E-state index contributed by atoms with van der Waals surface area (Å²) in [5.41, 5.74) is 9.07. The van der Waals surface area contributed by atoms with Crippen molar-refractivity contribution in [1.82, 2.24) is 9.78 Å². The number of nitrogens with zero attached hydrogens (tertiary/aromatic N) is 3. The molecule has 0 aliphatic carbocycles. The van der Waals surface area contributed by atoms with Gasteiger partial charge in [-0.3, -0.25) is 14.5 Å².